The number of carbonyl (C=O) groups is 1. The summed E-state index contributed by atoms with van der Waals surface area (Å²) >= 11 is 0. The molecule has 0 radical (unpaired) electrons. The number of carbonyl (C=O) groups excluding carboxylic acids is 1. The fourth-order valence-electron chi connectivity index (χ4n) is 7.08. The Morgan fingerprint density at radius 3 is 1.50 bits per heavy atom. The fraction of sp³-hybridized carbons (Fsp3) is 0.889. The van der Waals surface area contributed by atoms with Crippen LogP contribution in [0.5, 0.6) is 0 Å². The minimum atomic E-state index is -5.02. The van der Waals surface area contributed by atoms with Gasteiger partial charge in [-0.25, -0.2) is 4.57 Å². The number of unbranched alkanes of at least 4 members (excludes halogenated alkanes) is 23. The van der Waals surface area contributed by atoms with Crippen LogP contribution in [0, 0.1) is 0 Å². The van der Waals surface area contributed by atoms with Crippen LogP contribution in [0.25, 0.3) is 0 Å². The third kappa shape index (κ3) is 28.4. The summed E-state index contributed by atoms with van der Waals surface area (Å²) < 4.78 is 34.2. The van der Waals surface area contributed by atoms with Crippen LogP contribution in [-0.2, 0) is 27.9 Å². The van der Waals surface area contributed by atoms with Gasteiger partial charge >= 0.3 is 13.8 Å². The maximum atomic E-state index is 12.8. The Bertz CT molecular complexity index is 1060. The van der Waals surface area contributed by atoms with Crippen molar-refractivity contribution in [1.82, 2.24) is 0 Å². The maximum Gasteiger partial charge on any atom is 0.472 e. The zero-order valence-electron chi connectivity index (χ0n) is 36.4. The van der Waals surface area contributed by atoms with Crippen molar-refractivity contribution in [3.05, 3.63) is 24.3 Å². The van der Waals surface area contributed by atoms with Gasteiger partial charge in [0.25, 0.3) is 0 Å². The number of allylic oxidation sites excluding steroid dienone is 4. The van der Waals surface area contributed by atoms with Gasteiger partial charge < -0.3 is 39.9 Å². The van der Waals surface area contributed by atoms with Crippen LogP contribution in [0.2, 0.25) is 0 Å². The quantitative estimate of drug-likeness (QED) is 0.0149. The predicted molar refractivity (Wildman–Crippen MR) is 230 cm³/mol. The molecule has 6 atom stereocenters. The summed E-state index contributed by atoms with van der Waals surface area (Å²) in [6.07, 6.45) is 28.2. The number of aliphatic hydroxyl groups is 5. The van der Waals surface area contributed by atoms with Crippen LogP contribution in [0.15, 0.2) is 24.3 Å². The summed E-state index contributed by atoms with van der Waals surface area (Å²) in [5.74, 6) is -0.489. The first-order valence-corrected chi connectivity index (χ1v) is 24.7. The van der Waals surface area contributed by atoms with E-state index in [0.29, 0.717) is 13.0 Å². The molecule has 1 saturated carbocycles. The second-order valence-corrected chi connectivity index (χ2v) is 17.7. The fourth-order valence-corrected chi connectivity index (χ4v) is 8.05. The lowest BCUT2D eigenvalue weighted by molar-refractivity contribution is -0.220. The Labute approximate surface area is 351 Å². The van der Waals surface area contributed by atoms with Crippen molar-refractivity contribution in [3.63, 3.8) is 0 Å². The van der Waals surface area contributed by atoms with Crippen LogP contribution in [-0.4, -0.2) is 98.9 Å². The first kappa shape index (κ1) is 54.8. The Kier molecular flexibility index (Phi) is 34.5. The Morgan fingerprint density at radius 2 is 0.983 bits per heavy atom. The lowest BCUT2D eigenvalue weighted by Crippen LogP contribution is -2.64. The first-order chi connectivity index (χ1) is 28.0. The Balaban J connectivity index is 2.39. The number of phosphoric ester groups is 1. The van der Waals surface area contributed by atoms with E-state index in [4.69, 9.17) is 18.5 Å². The van der Waals surface area contributed by atoms with E-state index >= 15 is 0 Å². The number of ether oxygens (including phenoxy) is 2. The highest BCUT2D eigenvalue weighted by molar-refractivity contribution is 7.47. The van der Waals surface area contributed by atoms with Gasteiger partial charge in [-0.05, 0) is 38.5 Å². The van der Waals surface area contributed by atoms with Crippen LogP contribution in [0.4, 0.5) is 0 Å². The van der Waals surface area contributed by atoms with Gasteiger partial charge in [0, 0.05) is 13.0 Å². The molecule has 1 rings (SSSR count). The van der Waals surface area contributed by atoms with Crippen molar-refractivity contribution in [1.29, 1.82) is 0 Å². The van der Waals surface area contributed by atoms with Gasteiger partial charge in [-0.15, -0.1) is 0 Å². The molecule has 58 heavy (non-hydrogen) atoms. The third-order valence-corrected chi connectivity index (χ3v) is 11.8. The van der Waals surface area contributed by atoms with Gasteiger partial charge in [0.2, 0.25) is 0 Å². The lowest BCUT2D eigenvalue weighted by Gasteiger charge is -2.41. The Hall–Kier alpha value is -1.18. The van der Waals surface area contributed by atoms with E-state index in [-0.39, 0.29) is 13.0 Å². The largest absolute Gasteiger partial charge is 0.472 e. The molecular weight excluding hydrogens is 763 g/mol. The van der Waals surface area contributed by atoms with Gasteiger partial charge in [0.1, 0.15) is 42.7 Å². The molecular formula is C45H85O12P. The van der Waals surface area contributed by atoms with Gasteiger partial charge in [0.05, 0.1) is 13.2 Å². The van der Waals surface area contributed by atoms with Crippen molar-refractivity contribution >= 4 is 13.8 Å². The molecule has 1 aliphatic carbocycles. The zero-order valence-corrected chi connectivity index (χ0v) is 37.2. The van der Waals surface area contributed by atoms with E-state index in [2.05, 4.69) is 38.2 Å². The molecule has 1 fully saturated rings. The third-order valence-electron chi connectivity index (χ3n) is 10.8. The summed E-state index contributed by atoms with van der Waals surface area (Å²) in [7, 11) is -5.02. The van der Waals surface area contributed by atoms with Crippen LogP contribution < -0.4 is 0 Å². The van der Waals surface area contributed by atoms with Gasteiger partial charge in [0.15, 0.2) is 0 Å². The van der Waals surface area contributed by atoms with Crippen molar-refractivity contribution < 1.29 is 58.3 Å². The monoisotopic (exact) mass is 849 g/mol. The molecule has 0 bridgehead atoms. The average molecular weight is 849 g/mol. The van der Waals surface area contributed by atoms with Crippen molar-refractivity contribution in [2.24, 2.45) is 0 Å². The Morgan fingerprint density at radius 1 is 0.552 bits per heavy atom. The van der Waals surface area contributed by atoms with Crippen molar-refractivity contribution in [3.8, 4) is 0 Å². The number of hydrogen-bond donors (Lipinski definition) is 6. The molecule has 12 nitrogen and oxygen atoms in total. The molecule has 0 saturated heterocycles. The van der Waals surface area contributed by atoms with E-state index in [1.165, 1.54) is 103 Å². The molecule has 0 aliphatic heterocycles. The molecule has 6 N–H and O–H groups in total. The summed E-state index contributed by atoms with van der Waals surface area (Å²) in [6, 6.07) is 0. The van der Waals surface area contributed by atoms with Crippen molar-refractivity contribution in [2.45, 2.75) is 236 Å². The predicted octanol–water partition coefficient (Wildman–Crippen LogP) is 9.31. The van der Waals surface area contributed by atoms with E-state index in [0.717, 1.165) is 64.2 Å². The van der Waals surface area contributed by atoms with Crippen molar-refractivity contribution in [2.75, 3.05) is 19.8 Å². The highest BCUT2D eigenvalue weighted by atomic mass is 31.2. The van der Waals surface area contributed by atoms with E-state index in [1.54, 1.807) is 0 Å². The molecule has 6 unspecified atom stereocenters. The minimum Gasteiger partial charge on any atom is -0.457 e. The maximum absolute atomic E-state index is 12.8. The van der Waals surface area contributed by atoms with E-state index < -0.39 is 63.1 Å². The minimum absolute atomic E-state index is 0.0784. The highest BCUT2D eigenvalue weighted by Gasteiger charge is 2.51. The zero-order chi connectivity index (χ0) is 42.7. The lowest BCUT2D eigenvalue weighted by atomic mass is 9.85. The molecule has 342 valence electrons. The number of aliphatic hydroxyl groups excluding tert-OH is 5. The van der Waals surface area contributed by atoms with Crippen LogP contribution in [0.1, 0.15) is 194 Å². The van der Waals surface area contributed by atoms with E-state index in [1.807, 2.05) is 0 Å². The molecule has 0 heterocycles. The average Bonchev–Trinajstić information content (AvgIpc) is 3.21. The first-order valence-electron chi connectivity index (χ1n) is 23.2. The number of rotatable bonds is 39. The van der Waals surface area contributed by atoms with E-state index in [9.17, 15) is 39.8 Å². The van der Waals surface area contributed by atoms with Crippen LogP contribution >= 0.6 is 7.82 Å². The second kappa shape index (κ2) is 36.5. The number of esters is 1. The standard InChI is InChI=1S/C45H85O12P/c1-3-5-7-9-11-13-15-17-19-20-21-23-25-27-29-31-33-35-54-36-38(37-55-58(52,53)57-45-43(50)41(48)40(47)42(49)44(45)51)56-39(46)34-32-30-28-26-24-22-18-16-14-12-10-8-6-4-2/h10,12,16,18,38,40-45,47-51H,3-9,11,13-15,17,19-37H2,1-2H3,(H,52,53)/b12-10-,18-16-. The smallest absolute Gasteiger partial charge is 0.457 e. The van der Waals surface area contributed by atoms with Gasteiger partial charge in [-0.2, -0.15) is 0 Å². The molecule has 0 spiro atoms. The molecule has 1 aliphatic rings. The summed E-state index contributed by atoms with van der Waals surface area (Å²) in [4.78, 5) is 23.1. The van der Waals surface area contributed by atoms with Gasteiger partial charge in [-0.1, -0.05) is 173 Å². The molecule has 0 aromatic carbocycles. The number of phosphoric acid groups is 1. The second-order valence-electron chi connectivity index (χ2n) is 16.3. The molecule has 0 aromatic heterocycles. The summed E-state index contributed by atoms with van der Waals surface area (Å²) in [6.45, 7) is 4.22. The SMILES string of the molecule is CCCC/C=C\C/C=C\CCCCCCCC(=O)OC(COCCCCCCCCCCCCCCCCCCC)COP(=O)(O)OC1C(O)C(O)C(O)C(O)C1O. The normalized spacial score (nSPS) is 22.8. The molecule has 0 amide bonds. The highest BCUT2D eigenvalue weighted by Crippen LogP contribution is 2.47. The molecule has 13 heteroatoms. The number of hydrogen-bond acceptors (Lipinski definition) is 11. The van der Waals surface area contributed by atoms with Gasteiger partial charge in [-0.3, -0.25) is 13.8 Å². The topological polar surface area (TPSA) is 192 Å². The summed E-state index contributed by atoms with van der Waals surface area (Å²) in [5, 5.41) is 50.1. The summed E-state index contributed by atoms with van der Waals surface area (Å²) in [5.41, 5.74) is 0. The molecule has 0 aromatic rings. The van der Waals surface area contributed by atoms with Crippen LogP contribution in [0.3, 0.4) is 0 Å².